The molecule has 0 radical (unpaired) electrons. The number of hydrogen-bond donors (Lipinski definition) is 3. The van der Waals surface area contributed by atoms with Crippen molar-refractivity contribution in [3.8, 4) is 11.6 Å². The van der Waals surface area contributed by atoms with Crippen molar-refractivity contribution < 1.29 is 19.1 Å². The molecule has 0 atom stereocenters. The van der Waals surface area contributed by atoms with Gasteiger partial charge in [-0.1, -0.05) is 19.6 Å². The molecule has 2 aromatic carbocycles. The van der Waals surface area contributed by atoms with Gasteiger partial charge in [-0.05, 0) is 55.3 Å². The van der Waals surface area contributed by atoms with Gasteiger partial charge in [-0.3, -0.25) is 9.59 Å². The number of carbonyl (C=O) groups is 2. The number of ether oxygens (including phenoxy) is 2. The van der Waals surface area contributed by atoms with Crippen molar-refractivity contribution >= 4 is 34.7 Å². The molecule has 4 rings (SSSR count). The van der Waals surface area contributed by atoms with E-state index in [1.54, 1.807) is 24.3 Å². The fourth-order valence-electron chi connectivity index (χ4n) is 4.00. The average Bonchev–Trinajstić information content (AvgIpc) is 2.89. The first-order valence-electron chi connectivity index (χ1n) is 12.0. The van der Waals surface area contributed by atoms with Crippen molar-refractivity contribution in [2.45, 2.75) is 20.3 Å². The second-order valence-corrected chi connectivity index (χ2v) is 8.44. The zero-order valence-corrected chi connectivity index (χ0v) is 20.9. The Balaban J connectivity index is 1.63. The van der Waals surface area contributed by atoms with Crippen LogP contribution in [0.3, 0.4) is 0 Å². The van der Waals surface area contributed by atoms with Gasteiger partial charge in [-0.25, -0.2) is 4.98 Å². The Morgan fingerprint density at radius 3 is 2.62 bits per heavy atom. The minimum Gasteiger partial charge on any atom is -0.437 e. The zero-order chi connectivity index (χ0) is 26.4. The molecule has 0 unspecified atom stereocenters. The molecule has 10 heteroatoms. The van der Waals surface area contributed by atoms with Gasteiger partial charge in [-0.2, -0.15) is 4.98 Å². The number of nitrogens with zero attached hydrogens (tertiary/aromatic N) is 3. The highest BCUT2D eigenvalue weighted by Gasteiger charge is 2.20. The van der Waals surface area contributed by atoms with Crippen LogP contribution in [0.5, 0.6) is 11.6 Å². The standard InChI is InChI=1S/C27H30N6O4/c1-4-21-27(37-20-8-6-7-18(16-20)29-23(34)5-2)32-26(24(31-21)25(28)35)30-19-9-10-22(17(3)15-19)33-11-13-36-14-12-33/h5-10,15-16H,2,4,11-14H2,1,3H3,(H2,28,35)(H,29,34)(H,30,32). The van der Waals surface area contributed by atoms with E-state index in [-0.39, 0.29) is 23.3 Å². The molecule has 1 saturated heterocycles. The van der Waals surface area contributed by atoms with Crippen LogP contribution in [0.4, 0.5) is 22.9 Å². The van der Waals surface area contributed by atoms with Gasteiger partial charge in [0.1, 0.15) is 11.4 Å². The van der Waals surface area contributed by atoms with Crippen LogP contribution in [-0.2, 0) is 16.0 Å². The third-order valence-corrected chi connectivity index (χ3v) is 5.81. The summed E-state index contributed by atoms with van der Waals surface area (Å²) in [6.45, 7) is 10.4. The molecule has 1 aromatic heterocycles. The van der Waals surface area contributed by atoms with Gasteiger partial charge in [-0.15, -0.1) is 0 Å². The van der Waals surface area contributed by atoms with Crippen molar-refractivity contribution in [2.24, 2.45) is 5.73 Å². The Labute approximate surface area is 215 Å². The number of hydrogen-bond acceptors (Lipinski definition) is 8. The van der Waals surface area contributed by atoms with E-state index in [1.807, 2.05) is 32.0 Å². The van der Waals surface area contributed by atoms with Gasteiger partial charge < -0.3 is 30.7 Å². The Bertz CT molecular complexity index is 1320. The molecule has 2 heterocycles. The molecule has 0 aliphatic carbocycles. The van der Waals surface area contributed by atoms with Crippen LogP contribution in [0.1, 0.15) is 28.7 Å². The molecule has 1 aliphatic heterocycles. The fraction of sp³-hybridized carbons (Fsp3) is 0.259. The summed E-state index contributed by atoms with van der Waals surface area (Å²) < 4.78 is 11.5. The van der Waals surface area contributed by atoms with Gasteiger partial charge >= 0.3 is 0 Å². The van der Waals surface area contributed by atoms with Gasteiger partial charge in [0.25, 0.3) is 5.91 Å². The summed E-state index contributed by atoms with van der Waals surface area (Å²) in [4.78, 5) is 35.2. The third kappa shape index (κ3) is 6.22. The van der Waals surface area contributed by atoms with E-state index in [9.17, 15) is 9.59 Å². The minimum absolute atomic E-state index is 0.0195. The topological polar surface area (TPSA) is 132 Å². The summed E-state index contributed by atoms with van der Waals surface area (Å²) in [5.41, 5.74) is 9.60. The van der Waals surface area contributed by atoms with E-state index in [2.05, 4.69) is 32.1 Å². The molecule has 4 N–H and O–H groups in total. The number of amides is 2. The lowest BCUT2D eigenvalue weighted by molar-refractivity contribution is -0.111. The molecule has 37 heavy (non-hydrogen) atoms. The molecule has 0 saturated carbocycles. The summed E-state index contributed by atoms with van der Waals surface area (Å²) in [7, 11) is 0. The Kier molecular flexibility index (Phi) is 7.99. The van der Waals surface area contributed by atoms with Gasteiger partial charge in [0.2, 0.25) is 11.8 Å². The maximum Gasteiger partial charge on any atom is 0.271 e. The highest BCUT2D eigenvalue weighted by atomic mass is 16.5. The number of anilines is 4. The van der Waals surface area contributed by atoms with Crippen LogP contribution in [0, 0.1) is 6.92 Å². The van der Waals surface area contributed by atoms with Crippen molar-refractivity contribution in [3.05, 3.63) is 72.1 Å². The molecule has 1 fully saturated rings. The second-order valence-electron chi connectivity index (χ2n) is 8.44. The minimum atomic E-state index is -0.702. The lowest BCUT2D eigenvalue weighted by Gasteiger charge is -2.30. The molecule has 2 amide bonds. The van der Waals surface area contributed by atoms with Crippen LogP contribution >= 0.6 is 0 Å². The molecular formula is C27H30N6O4. The predicted octanol–water partition coefficient (Wildman–Crippen LogP) is 3.94. The smallest absolute Gasteiger partial charge is 0.271 e. The van der Waals surface area contributed by atoms with Crippen molar-refractivity contribution in [3.63, 3.8) is 0 Å². The van der Waals surface area contributed by atoms with Crippen LogP contribution in [0.2, 0.25) is 0 Å². The SMILES string of the molecule is C=CC(=O)Nc1cccc(Oc2nc(Nc3ccc(N4CCOCC4)c(C)c3)c(C(N)=O)nc2CC)c1. The first kappa shape index (κ1) is 25.6. The number of aryl methyl sites for hydroxylation is 2. The largest absolute Gasteiger partial charge is 0.437 e. The van der Waals surface area contributed by atoms with Gasteiger partial charge in [0.05, 0.1) is 13.2 Å². The molecule has 3 aromatic rings. The number of nitrogens with one attached hydrogen (secondary N) is 2. The highest BCUT2D eigenvalue weighted by molar-refractivity contribution is 5.99. The van der Waals surface area contributed by atoms with Gasteiger partial charge in [0.15, 0.2) is 11.5 Å². The molecule has 192 valence electrons. The zero-order valence-electron chi connectivity index (χ0n) is 20.9. The Morgan fingerprint density at radius 1 is 1.16 bits per heavy atom. The van der Waals surface area contributed by atoms with Gasteiger partial charge in [0, 0.05) is 36.2 Å². The lowest BCUT2D eigenvalue weighted by atomic mass is 10.1. The highest BCUT2D eigenvalue weighted by Crippen LogP contribution is 2.30. The number of rotatable bonds is 9. The summed E-state index contributed by atoms with van der Waals surface area (Å²) in [5, 5.41) is 5.87. The van der Waals surface area contributed by atoms with Crippen molar-refractivity contribution in [2.75, 3.05) is 41.8 Å². The van der Waals surface area contributed by atoms with E-state index in [1.165, 1.54) is 6.08 Å². The number of carbonyl (C=O) groups excluding carboxylic acids is 2. The summed E-state index contributed by atoms with van der Waals surface area (Å²) in [6, 6.07) is 12.8. The summed E-state index contributed by atoms with van der Waals surface area (Å²) in [6.07, 6.45) is 1.65. The first-order chi connectivity index (χ1) is 17.9. The van der Waals surface area contributed by atoms with Crippen LogP contribution < -0.4 is 26.0 Å². The Hall–Kier alpha value is -4.44. The molecule has 1 aliphatic rings. The molecular weight excluding hydrogens is 472 g/mol. The fourth-order valence-corrected chi connectivity index (χ4v) is 4.00. The summed E-state index contributed by atoms with van der Waals surface area (Å²) >= 11 is 0. The van der Waals surface area contributed by atoms with E-state index >= 15 is 0 Å². The van der Waals surface area contributed by atoms with E-state index in [4.69, 9.17) is 15.2 Å². The van der Waals surface area contributed by atoms with Crippen LogP contribution in [0.15, 0.2) is 55.1 Å². The maximum absolute atomic E-state index is 12.2. The van der Waals surface area contributed by atoms with E-state index < -0.39 is 5.91 Å². The first-order valence-corrected chi connectivity index (χ1v) is 12.0. The summed E-state index contributed by atoms with van der Waals surface area (Å²) in [5.74, 6) is -0.182. The van der Waals surface area contributed by atoms with Crippen molar-refractivity contribution in [1.82, 2.24) is 9.97 Å². The second kappa shape index (κ2) is 11.5. The number of primary amides is 1. The van der Waals surface area contributed by atoms with Crippen LogP contribution in [-0.4, -0.2) is 48.1 Å². The third-order valence-electron chi connectivity index (χ3n) is 5.81. The number of nitrogens with two attached hydrogens (primary N) is 1. The van der Waals surface area contributed by atoms with Crippen LogP contribution in [0.25, 0.3) is 0 Å². The number of aromatic nitrogens is 2. The molecule has 0 bridgehead atoms. The number of benzene rings is 2. The van der Waals surface area contributed by atoms with E-state index in [0.717, 1.165) is 30.0 Å². The normalized spacial score (nSPS) is 13.1. The predicted molar refractivity (Wildman–Crippen MR) is 143 cm³/mol. The van der Waals surface area contributed by atoms with Crippen molar-refractivity contribution in [1.29, 1.82) is 0 Å². The maximum atomic E-state index is 12.2. The lowest BCUT2D eigenvalue weighted by Crippen LogP contribution is -2.36. The molecule has 0 spiro atoms. The van der Waals surface area contributed by atoms with E-state index in [0.29, 0.717) is 36.8 Å². The average molecular weight is 503 g/mol. The monoisotopic (exact) mass is 502 g/mol. The number of morpholine rings is 1. The Morgan fingerprint density at radius 2 is 1.95 bits per heavy atom. The molecule has 10 nitrogen and oxygen atoms in total. The quantitative estimate of drug-likeness (QED) is 0.375.